The number of carbonyl (C=O) groups is 1. The number of hydrogen-bond donors (Lipinski definition) is 3. The molecule has 0 aliphatic carbocycles. The quantitative estimate of drug-likeness (QED) is 0.324. The lowest BCUT2D eigenvalue weighted by atomic mass is 10.2. The van der Waals surface area contributed by atoms with E-state index in [9.17, 15) is 19.5 Å². The maximum atomic E-state index is 12.9. The van der Waals surface area contributed by atoms with Crippen LogP contribution in [-0.4, -0.2) is 42.7 Å². The number of nitrogens with zero attached hydrogens (tertiary/aromatic N) is 4. The second-order valence-corrected chi connectivity index (χ2v) is 6.95. The number of aromatic nitrogens is 4. The minimum atomic E-state index is -0.841. The van der Waals surface area contributed by atoms with Crippen LogP contribution in [0.2, 0.25) is 0 Å². The number of aromatic hydroxyl groups is 1. The summed E-state index contributed by atoms with van der Waals surface area (Å²) in [7, 11) is 1.00. The van der Waals surface area contributed by atoms with Crippen molar-refractivity contribution in [3.63, 3.8) is 0 Å². The molecular formula is C24H23N5O6. The van der Waals surface area contributed by atoms with Gasteiger partial charge in [-0.25, -0.2) is 19.1 Å². The fourth-order valence-corrected chi connectivity index (χ4v) is 3.05. The third-order valence-electron chi connectivity index (χ3n) is 4.65. The lowest BCUT2D eigenvalue weighted by molar-refractivity contribution is -0.108. The predicted octanol–water partition coefficient (Wildman–Crippen LogP) is 1.90. The first kappa shape index (κ1) is 24.9. The summed E-state index contributed by atoms with van der Waals surface area (Å²) in [6.45, 7) is -0.339. The molecule has 180 valence electrons. The number of pyridine rings is 1. The Labute approximate surface area is 199 Å². The van der Waals surface area contributed by atoms with Gasteiger partial charge in [-0.15, -0.1) is 0 Å². The Morgan fingerprint density at radius 1 is 0.971 bits per heavy atom. The summed E-state index contributed by atoms with van der Waals surface area (Å²) in [6, 6.07) is 18.4. The average Bonchev–Trinajstić information content (AvgIpc) is 2.88. The van der Waals surface area contributed by atoms with E-state index >= 15 is 0 Å². The smallest absolute Gasteiger partial charge is 0.355 e. The number of rotatable bonds is 8. The van der Waals surface area contributed by atoms with Crippen molar-refractivity contribution in [1.29, 1.82) is 0 Å². The van der Waals surface area contributed by atoms with Crippen molar-refractivity contribution >= 4 is 17.9 Å². The zero-order valence-electron chi connectivity index (χ0n) is 18.7. The lowest BCUT2D eigenvalue weighted by Gasteiger charge is -2.15. The second-order valence-electron chi connectivity index (χ2n) is 6.95. The predicted molar refractivity (Wildman–Crippen MR) is 128 cm³/mol. The summed E-state index contributed by atoms with van der Waals surface area (Å²) in [4.78, 5) is 44.2. The summed E-state index contributed by atoms with van der Waals surface area (Å²) in [6.07, 6.45) is 2.08. The number of benzene rings is 2. The molecule has 2 aromatic carbocycles. The van der Waals surface area contributed by atoms with E-state index in [4.69, 9.17) is 9.84 Å². The van der Waals surface area contributed by atoms with Gasteiger partial charge in [0.05, 0.1) is 13.1 Å². The Balaban J connectivity index is 0.00000167. The maximum Gasteiger partial charge on any atom is 0.355 e. The number of hydrogen-bond acceptors (Lipinski definition) is 9. The van der Waals surface area contributed by atoms with Crippen LogP contribution in [0.5, 0.6) is 17.4 Å². The van der Waals surface area contributed by atoms with Crippen molar-refractivity contribution in [2.24, 2.45) is 0 Å². The standard InChI is InChI=1S/C23H19N5O5.CH4O/c29-14-13-27-22(31)26-21(28(23(27)32)15-16-4-8-18(30)9-5-16)25-17-6-10-19(11-7-17)33-20-3-1-2-12-24-20;1-2/h1-12,14,30H,13,15H2,(H,25,26,31);2H,1H3. The number of ether oxygens (including phenoxy) is 1. The lowest BCUT2D eigenvalue weighted by Crippen LogP contribution is -2.43. The number of aliphatic hydroxyl groups is 1. The van der Waals surface area contributed by atoms with Gasteiger partial charge in [0.25, 0.3) is 0 Å². The SMILES string of the molecule is CO.O=CCn1c(=O)nc(Nc2ccc(Oc3ccccn3)cc2)n(Cc2ccc(O)cc2)c1=O. The van der Waals surface area contributed by atoms with Gasteiger partial charge >= 0.3 is 11.4 Å². The van der Waals surface area contributed by atoms with Crippen LogP contribution in [-0.2, 0) is 17.9 Å². The van der Waals surface area contributed by atoms with E-state index in [1.54, 1.807) is 54.7 Å². The maximum absolute atomic E-state index is 12.9. The summed E-state index contributed by atoms with van der Waals surface area (Å²) < 4.78 is 7.66. The molecule has 11 heteroatoms. The molecule has 2 aromatic heterocycles. The van der Waals surface area contributed by atoms with Crippen LogP contribution in [0.25, 0.3) is 0 Å². The van der Waals surface area contributed by atoms with Crippen LogP contribution in [0.4, 0.5) is 11.6 Å². The molecule has 3 N–H and O–H groups in total. The Bertz CT molecular complexity index is 1370. The zero-order chi connectivity index (χ0) is 25.2. The van der Waals surface area contributed by atoms with E-state index in [1.807, 2.05) is 6.07 Å². The van der Waals surface area contributed by atoms with Crippen LogP contribution < -0.4 is 21.4 Å². The molecule has 0 bridgehead atoms. The van der Waals surface area contributed by atoms with Gasteiger partial charge in [-0.1, -0.05) is 18.2 Å². The van der Waals surface area contributed by atoms with Crippen LogP contribution in [0.15, 0.2) is 82.5 Å². The molecule has 0 saturated heterocycles. The fraction of sp³-hybridized carbons (Fsp3) is 0.125. The van der Waals surface area contributed by atoms with Crippen molar-refractivity contribution in [1.82, 2.24) is 19.1 Å². The van der Waals surface area contributed by atoms with Crippen molar-refractivity contribution in [3.8, 4) is 17.4 Å². The highest BCUT2D eigenvalue weighted by Gasteiger charge is 2.14. The number of aliphatic hydroxyl groups excluding tert-OH is 1. The molecule has 4 rings (SSSR count). The van der Waals surface area contributed by atoms with E-state index in [-0.39, 0.29) is 18.2 Å². The Morgan fingerprint density at radius 3 is 2.31 bits per heavy atom. The average molecular weight is 477 g/mol. The topological polar surface area (TPSA) is 149 Å². The first-order valence-electron chi connectivity index (χ1n) is 10.4. The molecule has 4 aromatic rings. The monoisotopic (exact) mass is 477 g/mol. The summed E-state index contributed by atoms with van der Waals surface area (Å²) >= 11 is 0. The molecule has 0 unspecified atom stereocenters. The Kier molecular flexibility index (Phi) is 8.46. The highest BCUT2D eigenvalue weighted by atomic mass is 16.5. The molecule has 0 saturated carbocycles. The molecule has 0 atom stereocenters. The van der Waals surface area contributed by atoms with Crippen molar-refractivity contribution in [2.75, 3.05) is 12.4 Å². The van der Waals surface area contributed by atoms with E-state index < -0.39 is 17.9 Å². The first-order valence-corrected chi connectivity index (χ1v) is 10.4. The van der Waals surface area contributed by atoms with Gasteiger partial charge < -0.3 is 25.1 Å². The van der Waals surface area contributed by atoms with Gasteiger partial charge in [-0.2, -0.15) is 4.98 Å². The molecule has 35 heavy (non-hydrogen) atoms. The van der Waals surface area contributed by atoms with E-state index in [0.29, 0.717) is 29.2 Å². The second kappa shape index (κ2) is 11.9. The third-order valence-corrected chi connectivity index (χ3v) is 4.65. The number of phenols is 1. The highest BCUT2D eigenvalue weighted by molar-refractivity contribution is 5.55. The summed E-state index contributed by atoms with van der Waals surface area (Å²) in [5.41, 5.74) is -0.281. The molecule has 0 amide bonds. The van der Waals surface area contributed by atoms with Crippen LogP contribution >= 0.6 is 0 Å². The van der Waals surface area contributed by atoms with E-state index in [2.05, 4.69) is 15.3 Å². The zero-order valence-corrected chi connectivity index (χ0v) is 18.7. The van der Waals surface area contributed by atoms with Gasteiger partial charge in [-0.3, -0.25) is 4.57 Å². The third kappa shape index (κ3) is 6.39. The minimum absolute atomic E-state index is 0.0126. The van der Waals surface area contributed by atoms with E-state index in [0.717, 1.165) is 11.7 Å². The van der Waals surface area contributed by atoms with Gasteiger partial charge in [0, 0.05) is 25.1 Å². The van der Waals surface area contributed by atoms with Gasteiger partial charge in [0.2, 0.25) is 11.8 Å². The summed E-state index contributed by atoms with van der Waals surface area (Å²) in [5.74, 6) is 1.09. The molecule has 0 fully saturated rings. The number of anilines is 2. The van der Waals surface area contributed by atoms with Crippen molar-refractivity contribution in [2.45, 2.75) is 13.1 Å². The van der Waals surface area contributed by atoms with Gasteiger partial charge in [0.1, 0.15) is 17.8 Å². The Morgan fingerprint density at radius 2 is 1.69 bits per heavy atom. The highest BCUT2D eigenvalue weighted by Crippen LogP contribution is 2.22. The van der Waals surface area contributed by atoms with E-state index in [1.165, 1.54) is 16.7 Å². The normalized spacial score (nSPS) is 10.1. The number of aldehydes is 1. The molecule has 0 aliphatic rings. The molecule has 11 nitrogen and oxygen atoms in total. The first-order chi connectivity index (χ1) is 17.0. The fourth-order valence-electron chi connectivity index (χ4n) is 3.05. The van der Waals surface area contributed by atoms with Gasteiger partial charge in [0.15, 0.2) is 0 Å². The number of nitrogens with one attached hydrogen (secondary N) is 1. The van der Waals surface area contributed by atoms with Crippen LogP contribution in [0.1, 0.15) is 5.56 Å². The van der Waals surface area contributed by atoms with Crippen LogP contribution in [0, 0.1) is 0 Å². The van der Waals surface area contributed by atoms with Gasteiger partial charge in [-0.05, 0) is 48.0 Å². The molecular weight excluding hydrogens is 454 g/mol. The minimum Gasteiger partial charge on any atom is -0.508 e. The Hall–Kier alpha value is -4.77. The molecule has 0 radical (unpaired) electrons. The number of phenolic OH excluding ortho intramolecular Hbond substituents is 1. The number of carbonyl (C=O) groups excluding carboxylic acids is 1. The van der Waals surface area contributed by atoms with Crippen molar-refractivity contribution < 1.29 is 19.7 Å². The molecule has 2 heterocycles. The molecule has 0 spiro atoms. The summed E-state index contributed by atoms with van der Waals surface area (Å²) in [5, 5.41) is 19.5. The van der Waals surface area contributed by atoms with Crippen molar-refractivity contribution in [3.05, 3.63) is 99.5 Å². The largest absolute Gasteiger partial charge is 0.508 e. The molecule has 0 aliphatic heterocycles. The van der Waals surface area contributed by atoms with Crippen LogP contribution in [0.3, 0.4) is 0 Å².